The molecule has 17 heavy (non-hydrogen) atoms. The van der Waals surface area contributed by atoms with Crippen molar-refractivity contribution in [1.29, 1.82) is 0 Å². The molecule has 1 unspecified atom stereocenters. The highest BCUT2D eigenvalue weighted by atomic mass is 14.9. The normalized spacial score (nSPS) is 20.5. The van der Waals surface area contributed by atoms with E-state index in [1.807, 2.05) is 6.92 Å². The van der Waals surface area contributed by atoms with Gasteiger partial charge in [0, 0.05) is 19.0 Å². The number of benzene rings is 1. The Bertz CT molecular complexity index is 448. The molecule has 0 amide bonds. The number of hydrogen-bond donors (Lipinski definition) is 1. The standard InChI is InChI=1S/C16H21N/c1-4-5-8-11-17-15-14-10-7-6-9-13(14)12-16(15,2)3/h6-7,9-10,15,17H,8,11-12H2,1-3H3. The van der Waals surface area contributed by atoms with Crippen molar-refractivity contribution in [2.75, 3.05) is 6.54 Å². The van der Waals surface area contributed by atoms with Gasteiger partial charge in [0.15, 0.2) is 0 Å². The maximum Gasteiger partial charge on any atom is 0.0378 e. The molecule has 90 valence electrons. The smallest absolute Gasteiger partial charge is 0.0378 e. The van der Waals surface area contributed by atoms with Crippen molar-refractivity contribution in [3.05, 3.63) is 35.4 Å². The summed E-state index contributed by atoms with van der Waals surface area (Å²) in [6.07, 6.45) is 2.10. The molecule has 1 aromatic carbocycles. The second-order valence-electron chi connectivity index (χ2n) is 5.43. The molecule has 1 aliphatic carbocycles. The molecule has 0 spiro atoms. The van der Waals surface area contributed by atoms with Gasteiger partial charge in [-0.25, -0.2) is 0 Å². The zero-order valence-corrected chi connectivity index (χ0v) is 11.0. The zero-order chi connectivity index (χ0) is 12.3. The monoisotopic (exact) mass is 227 g/mol. The largest absolute Gasteiger partial charge is 0.308 e. The molecular formula is C16H21N. The second kappa shape index (κ2) is 4.94. The summed E-state index contributed by atoms with van der Waals surface area (Å²) in [6.45, 7) is 7.56. The predicted molar refractivity (Wildman–Crippen MR) is 72.7 cm³/mol. The third kappa shape index (κ3) is 2.53. The number of rotatable bonds is 3. The Morgan fingerprint density at radius 1 is 1.35 bits per heavy atom. The van der Waals surface area contributed by atoms with Gasteiger partial charge in [-0.2, -0.15) is 0 Å². The first-order valence-corrected chi connectivity index (χ1v) is 6.36. The van der Waals surface area contributed by atoms with Crippen LogP contribution in [0, 0.1) is 17.3 Å². The third-order valence-corrected chi connectivity index (χ3v) is 3.57. The van der Waals surface area contributed by atoms with Gasteiger partial charge in [-0.05, 0) is 29.9 Å². The topological polar surface area (TPSA) is 12.0 Å². The molecule has 0 aromatic heterocycles. The van der Waals surface area contributed by atoms with Gasteiger partial charge in [0.2, 0.25) is 0 Å². The van der Waals surface area contributed by atoms with E-state index in [0.717, 1.165) is 13.0 Å². The van der Waals surface area contributed by atoms with E-state index < -0.39 is 0 Å². The molecule has 1 atom stereocenters. The van der Waals surface area contributed by atoms with E-state index in [-0.39, 0.29) is 0 Å². The molecule has 1 aromatic rings. The molecule has 0 radical (unpaired) electrons. The highest BCUT2D eigenvalue weighted by molar-refractivity contribution is 5.37. The van der Waals surface area contributed by atoms with Gasteiger partial charge in [0.1, 0.15) is 0 Å². The molecular weight excluding hydrogens is 206 g/mol. The fourth-order valence-corrected chi connectivity index (χ4v) is 2.78. The summed E-state index contributed by atoms with van der Waals surface area (Å²) in [5.41, 5.74) is 3.28. The van der Waals surface area contributed by atoms with Crippen LogP contribution in [0.2, 0.25) is 0 Å². The van der Waals surface area contributed by atoms with E-state index in [0.29, 0.717) is 11.5 Å². The van der Waals surface area contributed by atoms with Crippen LogP contribution in [0.1, 0.15) is 44.4 Å². The molecule has 2 rings (SSSR count). The Morgan fingerprint density at radius 2 is 2.12 bits per heavy atom. The average Bonchev–Trinajstić information content (AvgIpc) is 2.55. The van der Waals surface area contributed by atoms with Crippen LogP contribution >= 0.6 is 0 Å². The van der Waals surface area contributed by atoms with Crippen molar-refractivity contribution in [3.63, 3.8) is 0 Å². The van der Waals surface area contributed by atoms with Crippen LogP contribution in [-0.4, -0.2) is 6.54 Å². The van der Waals surface area contributed by atoms with E-state index in [2.05, 4.69) is 55.3 Å². The van der Waals surface area contributed by atoms with Crippen molar-refractivity contribution in [3.8, 4) is 11.8 Å². The fraction of sp³-hybridized carbons (Fsp3) is 0.500. The van der Waals surface area contributed by atoms with E-state index in [1.54, 1.807) is 0 Å². The molecule has 1 nitrogen and oxygen atoms in total. The first kappa shape index (κ1) is 12.2. The molecule has 0 fully saturated rings. The minimum Gasteiger partial charge on any atom is -0.308 e. The van der Waals surface area contributed by atoms with Crippen LogP contribution in [0.15, 0.2) is 24.3 Å². The Labute approximate surface area is 105 Å². The number of nitrogens with one attached hydrogen (secondary N) is 1. The van der Waals surface area contributed by atoms with Crippen LogP contribution in [-0.2, 0) is 6.42 Å². The quantitative estimate of drug-likeness (QED) is 0.617. The lowest BCUT2D eigenvalue weighted by Crippen LogP contribution is -2.31. The summed E-state index contributed by atoms with van der Waals surface area (Å²) in [6, 6.07) is 9.26. The lowest BCUT2D eigenvalue weighted by atomic mass is 9.85. The van der Waals surface area contributed by atoms with Crippen LogP contribution in [0.5, 0.6) is 0 Å². The predicted octanol–water partition coefficient (Wildman–Crippen LogP) is 3.31. The Hall–Kier alpha value is -1.26. The molecule has 1 aliphatic rings. The minimum atomic E-state index is 0.309. The van der Waals surface area contributed by atoms with Crippen LogP contribution in [0.3, 0.4) is 0 Å². The van der Waals surface area contributed by atoms with Crippen molar-refractivity contribution in [1.82, 2.24) is 5.32 Å². The first-order valence-electron chi connectivity index (χ1n) is 6.36. The summed E-state index contributed by atoms with van der Waals surface area (Å²) in [4.78, 5) is 0. The van der Waals surface area contributed by atoms with E-state index >= 15 is 0 Å². The highest BCUT2D eigenvalue weighted by Gasteiger charge is 2.37. The lowest BCUT2D eigenvalue weighted by molar-refractivity contribution is 0.271. The summed E-state index contributed by atoms with van der Waals surface area (Å²) in [7, 11) is 0. The third-order valence-electron chi connectivity index (χ3n) is 3.57. The molecule has 0 heterocycles. The van der Waals surface area contributed by atoms with Crippen molar-refractivity contribution in [2.45, 2.75) is 39.7 Å². The Balaban J connectivity index is 2.10. The molecule has 0 saturated carbocycles. The maximum atomic E-state index is 3.66. The summed E-state index contributed by atoms with van der Waals surface area (Å²) in [5.74, 6) is 6.05. The van der Waals surface area contributed by atoms with Gasteiger partial charge in [-0.1, -0.05) is 38.1 Å². The van der Waals surface area contributed by atoms with E-state index in [1.165, 1.54) is 17.5 Å². The maximum absolute atomic E-state index is 3.66. The fourth-order valence-electron chi connectivity index (χ4n) is 2.78. The van der Waals surface area contributed by atoms with Gasteiger partial charge in [-0.15, -0.1) is 11.8 Å². The SMILES string of the molecule is CC#CCCNC1c2ccccc2CC1(C)C. The lowest BCUT2D eigenvalue weighted by Gasteiger charge is -2.28. The average molecular weight is 227 g/mol. The molecule has 1 heteroatoms. The van der Waals surface area contributed by atoms with Gasteiger partial charge in [0.25, 0.3) is 0 Å². The molecule has 1 N–H and O–H groups in total. The van der Waals surface area contributed by atoms with Crippen LogP contribution in [0.4, 0.5) is 0 Å². The second-order valence-corrected chi connectivity index (χ2v) is 5.43. The van der Waals surface area contributed by atoms with Crippen molar-refractivity contribution >= 4 is 0 Å². The highest BCUT2D eigenvalue weighted by Crippen LogP contribution is 2.44. The van der Waals surface area contributed by atoms with E-state index in [9.17, 15) is 0 Å². The molecule has 0 saturated heterocycles. The van der Waals surface area contributed by atoms with Gasteiger partial charge in [0.05, 0.1) is 0 Å². The number of hydrogen-bond acceptors (Lipinski definition) is 1. The first-order chi connectivity index (χ1) is 8.15. The van der Waals surface area contributed by atoms with Gasteiger partial charge in [-0.3, -0.25) is 0 Å². The Kier molecular flexibility index (Phi) is 3.54. The summed E-state index contributed by atoms with van der Waals surface area (Å²) >= 11 is 0. The zero-order valence-electron chi connectivity index (χ0n) is 11.0. The van der Waals surface area contributed by atoms with Crippen LogP contribution in [0.25, 0.3) is 0 Å². The molecule has 0 aliphatic heterocycles. The summed E-state index contributed by atoms with van der Waals surface area (Å²) < 4.78 is 0. The van der Waals surface area contributed by atoms with Gasteiger partial charge < -0.3 is 5.32 Å². The minimum absolute atomic E-state index is 0.309. The van der Waals surface area contributed by atoms with Crippen molar-refractivity contribution in [2.24, 2.45) is 5.41 Å². The number of fused-ring (bicyclic) bond motifs is 1. The summed E-state index contributed by atoms with van der Waals surface area (Å²) in [5, 5.41) is 3.66. The van der Waals surface area contributed by atoms with Crippen molar-refractivity contribution < 1.29 is 0 Å². The van der Waals surface area contributed by atoms with E-state index in [4.69, 9.17) is 0 Å². The molecule has 0 bridgehead atoms. The van der Waals surface area contributed by atoms with Crippen LogP contribution < -0.4 is 5.32 Å². The Morgan fingerprint density at radius 3 is 2.88 bits per heavy atom. The van der Waals surface area contributed by atoms with Gasteiger partial charge >= 0.3 is 0 Å².